The molecule has 0 aliphatic carbocycles. The van der Waals surface area contributed by atoms with E-state index in [0.717, 1.165) is 16.1 Å². The Kier molecular flexibility index (Phi) is 2.76. The molecular weight excluding hydrogens is 311 g/mol. The predicted octanol–water partition coefficient (Wildman–Crippen LogP) is 2.82. The molecule has 4 aromatic rings. The van der Waals surface area contributed by atoms with Gasteiger partial charge in [0, 0.05) is 5.56 Å². The number of halogens is 1. The maximum absolute atomic E-state index is 13.3. The highest BCUT2D eigenvalue weighted by Gasteiger charge is 2.18. The van der Waals surface area contributed by atoms with Crippen molar-refractivity contribution < 1.29 is 4.39 Å². The summed E-state index contributed by atoms with van der Waals surface area (Å²) in [6.45, 7) is 1.86. The summed E-state index contributed by atoms with van der Waals surface area (Å²) in [5.74, 6) is 0.317. The van der Waals surface area contributed by atoms with Gasteiger partial charge in [-0.3, -0.25) is 0 Å². The molecule has 6 nitrogen and oxygen atoms in total. The first-order valence-corrected chi connectivity index (χ1v) is 7.59. The molecule has 0 aliphatic heterocycles. The SMILES string of the molecule is Cc1nnsc1-c1nnc2sc(-c3cccc(F)c3)nn12. The fourth-order valence-electron chi connectivity index (χ4n) is 1.93. The summed E-state index contributed by atoms with van der Waals surface area (Å²) in [6.07, 6.45) is 0. The zero-order chi connectivity index (χ0) is 14.4. The summed E-state index contributed by atoms with van der Waals surface area (Å²) in [5.41, 5.74) is 1.50. The quantitative estimate of drug-likeness (QED) is 0.568. The minimum Gasteiger partial charge on any atom is -0.207 e. The summed E-state index contributed by atoms with van der Waals surface area (Å²) in [4.78, 5) is 1.48. The van der Waals surface area contributed by atoms with Crippen LogP contribution in [0.15, 0.2) is 24.3 Å². The van der Waals surface area contributed by atoms with Gasteiger partial charge in [0.25, 0.3) is 0 Å². The summed E-state index contributed by atoms with van der Waals surface area (Å²) in [6, 6.07) is 6.33. The van der Waals surface area contributed by atoms with E-state index in [0.29, 0.717) is 15.8 Å². The molecule has 9 heteroatoms. The van der Waals surface area contributed by atoms with Crippen LogP contribution in [0.5, 0.6) is 0 Å². The molecule has 0 saturated heterocycles. The van der Waals surface area contributed by atoms with Gasteiger partial charge in [0.15, 0.2) is 5.82 Å². The second kappa shape index (κ2) is 4.64. The highest BCUT2D eigenvalue weighted by molar-refractivity contribution is 7.19. The lowest BCUT2D eigenvalue weighted by Crippen LogP contribution is -1.91. The molecular formula is C12H7FN6S2. The standard InChI is InChI=1S/C12H7FN6S2/c1-6-9(21-18-14-6)10-15-16-12-19(10)17-11(20-12)7-3-2-4-8(13)5-7/h2-5H,1H3. The van der Waals surface area contributed by atoms with Crippen molar-refractivity contribution in [1.29, 1.82) is 0 Å². The lowest BCUT2D eigenvalue weighted by molar-refractivity contribution is 0.628. The number of fused-ring (bicyclic) bond motifs is 1. The maximum Gasteiger partial charge on any atom is 0.235 e. The van der Waals surface area contributed by atoms with Crippen LogP contribution in [0.4, 0.5) is 4.39 Å². The van der Waals surface area contributed by atoms with Crippen LogP contribution in [-0.4, -0.2) is 29.4 Å². The monoisotopic (exact) mass is 318 g/mol. The molecule has 0 N–H and O–H groups in total. The van der Waals surface area contributed by atoms with Crippen LogP contribution in [0.25, 0.3) is 26.2 Å². The summed E-state index contributed by atoms with van der Waals surface area (Å²) >= 11 is 2.61. The minimum absolute atomic E-state index is 0.291. The first-order valence-electron chi connectivity index (χ1n) is 6.00. The Balaban J connectivity index is 1.88. The average Bonchev–Trinajstić information content (AvgIpc) is 3.13. The van der Waals surface area contributed by atoms with Gasteiger partial charge >= 0.3 is 0 Å². The summed E-state index contributed by atoms with van der Waals surface area (Å²) in [5, 5.41) is 17.4. The van der Waals surface area contributed by atoms with Gasteiger partial charge in [-0.05, 0) is 30.6 Å². The van der Waals surface area contributed by atoms with Crippen LogP contribution in [0, 0.1) is 12.7 Å². The molecule has 0 aliphatic rings. The van der Waals surface area contributed by atoms with Gasteiger partial charge in [-0.25, -0.2) is 4.39 Å². The van der Waals surface area contributed by atoms with Gasteiger partial charge in [0.2, 0.25) is 4.96 Å². The summed E-state index contributed by atoms with van der Waals surface area (Å²) in [7, 11) is 0. The van der Waals surface area contributed by atoms with Crippen molar-refractivity contribution >= 4 is 27.8 Å². The minimum atomic E-state index is -0.291. The number of aryl methyl sites for hydroxylation is 1. The smallest absolute Gasteiger partial charge is 0.207 e. The first-order chi connectivity index (χ1) is 10.2. The number of hydrogen-bond donors (Lipinski definition) is 0. The fraction of sp³-hybridized carbons (Fsp3) is 0.0833. The van der Waals surface area contributed by atoms with E-state index in [1.165, 1.54) is 35.0 Å². The Morgan fingerprint density at radius 3 is 2.86 bits per heavy atom. The number of benzene rings is 1. The number of aromatic nitrogens is 6. The zero-order valence-corrected chi connectivity index (χ0v) is 12.3. The number of hydrogen-bond acceptors (Lipinski definition) is 7. The molecule has 0 radical (unpaired) electrons. The molecule has 0 bridgehead atoms. The topological polar surface area (TPSA) is 68.9 Å². The molecule has 3 heterocycles. The van der Waals surface area contributed by atoms with E-state index in [4.69, 9.17) is 0 Å². The molecule has 0 atom stereocenters. The molecule has 3 aromatic heterocycles. The van der Waals surface area contributed by atoms with Crippen molar-refractivity contribution in [3.63, 3.8) is 0 Å². The summed E-state index contributed by atoms with van der Waals surface area (Å²) < 4.78 is 18.9. The molecule has 104 valence electrons. The number of nitrogens with zero attached hydrogens (tertiary/aromatic N) is 6. The van der Waals surface area contributed by atoms with Gasteiger partial charge in [-0.1, -0.05) is 28.0 Å². The van der Waals surface area contributed by atoms with Crippen LogP contribution >= 0.6 is 22.9 Å². The highest BCUT2D eigenvalue weighted by Crippen LogP contribution is 2.30. The normalized spacial score (nSPS) is 11.3. The van der Waals surface area contributed by atoms with Gasteiger partial charge < -0.3 is 0 Å². The van der Waals surface area contributed by atoms with Gasteiger partial charge in [-0.15, -0.1) is 15.3 Å². The second-order valence-corrected chi connectivity index (χ2v) is 6.03. The van der Waals surface area contributed by atoms with E-state index in [9.17, 15) is 4.39 Å². The van der Waals surface area contributed by atoms with Crippen LogP contribution in [-0.2, 0) is 0 Å². The van der Waals surface area contributed by atoms with Crippen LogP contribution < -0.4 is 0 Å². The van der Waals surface area contributed by atoms with Gasteiger partial charge in [-0.2, -0.15) is 9.61 Å². The van der Waals surface area contributed by atoms with Crippen molar-refractivity contribution in [1.82, 2.24) is 29.4 Å². The third kappa shape index (κ3) is 2.01. The number of rotatable bonds is 2. The lowest BCUT2D eigenvalue weighted by atomic mass is 10.2. The Hall–Kier alpha value is -2.26. The van der Waals surface area contributed by atoms with Gasteiger partial charge in [0.1, 0.15) is 15.7 Å². The fourth-order valence-corrected chi connectivity index (χ4v) is 3.40. The molecule has 0 amide bonds. The van der Waals surface area contributed by atoms with Crippen molar-refractivity contribution in [3.05, 3.63) is 35.8 Å². The van der Waals surface area contributed by atoms with E-state index in [2.05, 4.69) is 24.9 Å². The Morgan fingerprint density at radius 2 is 2.10 bits per heavy atom. The van der Waals surface area contributed by atoms with Crippen LogP contribution in [0.1, 0.15) is 5.69 Å². The van der Waals surface area contributed by atoms with E-state index < -0.39 is 0 Å². The van der Waals surface area contributed by atoms with E-state index in [-0.39, 0.29) is 5.82 Å². The van der Waals surface area contributed by atoms with Crippen molar-refractivity contribution in [3.8, 4) is 21.3 Å². The predicted molar refractivity (Wildman–Crippen MR) is 77.7 cm³/mol. The van der Waals surface area contributed by atoms with Gasteiger partial charge in [0.05, 0.1) is 5.69 Å². The molecule has 4 rings (SSSR count). The van der Waals surface area contributed by atoms with Crippen LogP contribution in [0.3, 0.4) is 0 Å². The van der Waals surface area contributed by atoms with Crippen molar-refractivity contribution in [2.24, 2.45) is 0 Å². The second-order valence-electron chi connectivity index (χ2n) is 4.32. The molecule has 0 saturated carbocycles. The lowest BCUT2D eigenvalue weighted by Gasteiger charge is -1.95. The molecule has 1 aromatic carbocycles. The van der Waals surface area contributed by atoms with Crippen molar-refractivity contribution in [2.75, 3.05) is 0 Å². The maximum atomic E-state index is 13.3. The van der Waals surface area contributed by atoms with E-state index >= 15 is 0 Å². The van der Waals surface area contributed by atoms with Crippen molar-refractivity contribution in [2.45, 2.75) is 6.92 Å². The third-order valence-electron chi connectivity index (χ3n) is 2.92. The molecule has 0 spiro atoms. The molecule has 0 unspecified atom stereocenters. The molecule has 0 fully saturated rings. The third-order valence-corrected chi connectivity index (χ3v) is 4.69. The Morgan fingerprint density at radius 1 is 1.19 bits per heavy atom. The Bertz CT molecular complexity index is 940. The largest absolute Gasteiger partial charge is 0.235 e. The Labute approximate surface area is 126 Å². The zero-order valence-electron chi connectivity index (χ0n) is 10.7. The first kappa shape index (κ1) is 12.5. The van der Waals surface area contributed by atoms with E-state index in [1.807, 2.05) is 13.0 Å². The van der Waals surface area contributed by atoms with E-state index in [1.54, 1.807) is 10.6 Å². The van der Waals surface area contributed by atoms with Crippen LogP contribution in [0.2, 0.25) is 0 Å². The average molecular weight is 318 g/mol. The highest BCUT2D eigenvalue weighted by atomic mass is 32.1. The molecule has 21 heavy (non-hydrogen) atoms.